The number of benzene rings is 1. The van der Waals surface area contributed by atoms with Gasteiger partial charge in [0.1, 0.15) is 6.54 Å². The lowest BCUT2D eigenvalue weighted by atomic mass is 10.2. The molecule has 0 radical (unpaired) electrons. The molecular weight excluding hydrogens is 337 g/mol. The number of esters is 1. The van der Waals surface area contributed by atoms with E-state index in [4.69, 9.17) is 21.4 Å². The average molecular weight is 347 g/mol. The van der Waals surface area contributed by atoms with Crippen molar-refractivity contribution in [2.75, 3.05) is 0 Å². The lowest BCUT2D eigenvalue weighted by Crippen LogP contribution is -2.07. The van der Waals surface area contributed by atoms with E-state index >= 15 is 0 Å². The molecule has 0 atom stereocenters. The SMILES string of the molecule is CC(=O)Oc1cn(CC(=O)O)c2ccc(Br)c(Cl)c12. The van der Waals surface area contributed by atoms with Gasteiger partial charge in [-0.25, -0.2) is 0 Å². The molecule has 19 heavy (non-hydrogen) atoms. The second-order valence-corrected chi connectivity index (χ2v) is 5.10. The second-order valence-electron chi connectivity index (χ2n) is 3.86. The molecule has 1 N–H and O–H groups in total. The van der Waals surface area contributed by atoms with Crippen molar-refractivity contribution < 1.29 is 19.4 Å². The van der Waals surface area contributed by atoms with E-state index in [1.165, 1.54) is 17.7 Å². The lowest BCUT2D eigenvalue weighted by molar-refractivity contribution is -0.137. The van der Waals surface area contributed by atoms with Crippen LogP contribution in [0.15, 0.2) is 22.8 Å². The third-order valence-corrected chi connectivity index (χ3v) is 3.74. The largest absolute Gasteiger partial charge is 0.480 e. The molecule has 0 saturated carbocycles. The highest BCUT2D eigenvalue weighted by atomic mass is 79.9. The summed E-state index contributed by atoms with van der Waals surface area (Å²) < 4.78 is 7.18. The van der Waals surface area contributed by atoms with Crippen LogP contribution in [0.1, 0.15) is 6.92 Å². The molecule has 0 unspecified atom stereocenters. The summed E-state index contributed by atoms with van der Waals surface area (Å²) >= 11 is 9.44. The van der Waals surface area contributed by atoms with Crippen molar-refractivity contribution in [3.8, 4) is 5.75 Å². The van der Waals surface area contributed by atoms with Crippen molar-refractivity contribution in [1.82, 2.24) is 4.57 Å². The number of carbonyl (C=O) groups is 2. The zero-order valence-corrected chi connectivity index (χ0v) is 12.2. The van der Waals surface area contributed by atoms with E-state index in [0.29, 0.717) is 20.4 Å². The number of fused-ring (bicyclic) bond motifs is 1. The Labute approximate surface area is 121 Å². The van der Waals surface area contributed by atoms with E-state index in [1.54, 1.807) is 12.1 Å². The van der Waals surface area contributed by atoms with Gasteiger partial charge in [0, 0.05) is 17.6 Å². The molecule has 0 spiro atoms. The van der Waals surface area contributed by atoms with Crippen LogP contribution in [0.25, 0.3) is 10.9 Å². The standard InChI is InChI=1S/C12H9BrClNO4/c1-6(16)19-9-4-15(5-10(17)18)8-3-2-7(13)12(14)11(8)9/h2-4H,5H2,1H3,(H,17,18). The first-order valence-electron chi connectivity index (χ1n) is 5.27. The maximum atomic E-state index is 11.1. The Morgan fingerprint density at radius 1 is 1.47 bits per heavy atom. The van der Waals surface area contributed by atoms with Crippen LogP contribution in [0.4, 0.5) is 0 Å². The minimum atomic E-state index is -0.995. The first kappa shape index (κ1) is 13.9. The Morgan fingerprint density at radius 3 is 2.74 bits per heavy atom. The molecule has 1 aromatic carbocycles. The van der Waals surface area contributed by atoms with Crippen molar-refractivity contribution in [2.45, 2.75) is 13.5 Å². The maximum Gasteiger partial charge on any atom is 0.323 e. The van der Waals surface area contributed by atoms with Gasteiger partial charge in [0.15, 0.2) is 5.75 Å². The van der Waals surface area contributed by atoms with Gasteiger partial charge in [0.05, 0.1) is 15.9 Å². The highest BCUT2D eigenvalue weighted by molar-refractivity contribution is 9.10. The van der Waals surface area contributed by atoms with E-state index in [1.807, 2.05) is 0 Å². The van der Waals surface area contributed by atoms with Gasteiger partial charge >= 0.3 is 11.9 Å². The minimum Gasteiger partial charge on any atom is -0.480 e. The number of ether oxygens (including phenoxy) is 1. The molecule has 100 valence electrons. The Kier molecular flexibility index (Phi) is 3.82. The van der Waals surface area contributed by atoms with Gasteiger partial charge in [-0.15, -0.1) is 0 Å². The topological polar surface area (TPSA) is 68.5 Å². The maximum absolute atomic E-state index is 11.1. The number of nitrogens with zero attached hydrogens (tertiary/aromatic N) is 1. The molecule has 1 heterocycles. The summed E-state index contributed by atoms with van der Waals surface area (Å²) in [5, 5.41) is 9.75. The van der Waals surface area contributed by atoms with Gasteiger partial charge in [-0.3, -0.25) is 9.59 Å². The van der Waals surface area contributed by atoms with Crippen LogP contribution < -0.4 is 4.74 Å². The van der Waals surface area contributed by atoms with Crippen molar-refractivity contribution in [1.29, 1.82) is 0 Å². The van der Waals surface area contributed by atoms with Gasteiger partial charge in [0.2, 0.25) is 0 Å². The molecule has 0 bridgehead atoms. The monoisotopic (exact) mass is 345 g/mol. The fourth-order valence-corrected chi connectivity index (χ4v) is 2.38. The van der Waals surface area contributed by atoms with Gasteiger partial charge < -0.3 is 14.4 Å². The molecular formula is C12H9BrClNO4. The molecule has 2 aromatic rings. The number of carboxylic acid groups (broad SMARTS) is 1. The number of hydrogen-bond acceptors (Lipinski definition) is 3. The fourth-order valence-electron chi connectivity index (χ4n) is 1.80. The molecule has 0 aliphatic carbocycles. The minimum absolute atomic E-state index is 0.240. The number of aromatic nitrogens is 1. The average Bonchev–Trinajstić information content (AvgIpc) is 2.60. The molecule has 0 aliphatic rings. The molecule has 7 heteroatoms. The van der Waals surface area contributed by atoms with Gasteiger partial charge in [-0.1, -0.05) is 11.6 Å². The number of carboxylic acids is 1. The van der Waals surface area contributed by atoms with Gasteiger partial charge in [0.25, 0.3) is 0 Å². The van der Waals surface area contributed by atoms with Crippen LogP contribution in [-0.4, -0.2) is 21.6 Å². The number of halogens is 2. The predicted molar refractivity (Wildman–Crippen MR) is 73.6 cm³/mol. The molecule has 2 rings (SSSR count). The highest BCUT2D eigenvalue weighted by Crippen LogP contribution is 2.38. The number of rotatable bonds is 3. The molecule has 0 saturated heterocycles. The molecule has 5 nitrogen and oxygen atoms in total. The van der Waals surface area contributed by atoms with E-state index in [2.05, 4.69) is 15.9 Å². The van der Waals surface area contributed by atoms with Crippen molar-refractivity contribution in [2.24, 2.45) is 0 Å². The summed E-state index contributed by atoms with van der Waals surface area (Å²) in [4.78, 5) is 21.9. The van der Waals surface area contributed by atoms with Crippen LogP contribution in [0, 0.1) is 0 Å². The Hall–Kier alpha value is -1.53. The normalized spacial score (nSPS) is 10.7. The summed E-state index contributed by atoms with van der Waals surface area (Å²) in [6.07, 6.45) is 1.46. The summed E-state index contributed by atoms with van der Waals surface area (Å²) in [6.45, 7) is 1.03. The quantitative estimate of drug-likeness (QED) is 0.867. The van der Waals surface area contributed by atoms with E-state index in [-0.39, 0.29) is 12.3 Å². The zero-order chi connectivity index (χ0) is 14.2. The van der Waals surface area contributed by atoms with E-state index in [0.717, 1.165) is 0 Å². The predicted octanol–water partition coefficient (Wildman–Crippen LogP) is 3.07. The Bertz CT molecular complexity index is 680. The Balaban J connectivity index is 2.69. The van der Waals surface area contributed by atoms with Crippen LogP contribution in [-0.2, 0) is 16.1 Å². The number of carbonyl (C=O) groups excluding carboxylic acids is 1. The van der Waals surface area contributed by atoms with Crippen molar-refractivity contribution in [3.05, 3.63) is 27.8 Å². The molecule has 0 aliphatic heterocycles. The van der Waals surface area contributed by atoms with Gasteiger partial charge in [-0.05, 0) is 28.1 Å². The van der Waals surface area contributed by atoms with Crippen LogP contribution >= 0.6 is 27.5 Å². The molecule has 0 amide bonds. The van der Waals surface area contributed by atoms with E-state index in [9.17, 15) is 9.59 Å². The summed E-state index contributed by atoms with van der Waals surface area (Å²) in [6, 6.07) is 3.42. The number of aliphatic carboxylic acids is 1. The summed E-state index contributed by atoms with van der Waals surface area (Å²) in [5.74, 6) is -1.24. The highest BCUT2D eigenvalue weighted by Gasteiger charge is 2.17. The fraction of sp³-hybridized carbons (Fsp3) is 0.167. The smallest absolute Gasteiger partial charge is 0.323 e. The zero-order valence-electron chi connectivity index (χ0n) is 9.81. The van der Waals surface area contributed by atoms with E-state index < -0.39 is 11.9 Å². The van der Waals surface area contributed by atoms with Crippen LogP contribution in [0.5, 0.6) is 5.75 Å². The summed E-state index contributed by atoms with van der Waals surface area (Å²) in [5.41, 5.74) is 0.590. The lowest BCUT2D eigenvalue weighted by Gasteiger charge is -2.03. The van der Waals surface area contributed by atoms with Gasteiger partial charge in [-0.2, -0.15) is 0 Å². The molecule has 1 aromatic heterocycles. The number of hydrogen-bond donors (Lipinski definition) is 1. The second kappa shape index (κ2) is 5.22. The van der Waals surface area contributed by atoms with Crippen molar-refractivity contribution in [3.63, 3.8) is 0 Å². The first-order valence-corrected chi connectivity index (χ1v) is 6.44. The summed E-state index contributed by atoms with van der Waals surface area (Å²) in [7, 11) is 0. The molecule has 0 fully saturated rings. The van der Waals surface area contributed by atoms with Crippen LogP contribution in [0.3, 0.4) is 0 Å². The third-order valence-electron chi connectivity index (χ3n) is 2.46. The first-order chi connectivity index (χ1) is 8.90. The third kappa shape index (κ3) is 2.74. The Morgan fingerprint density at radius 2 is 2.16 bits per heavy atom. The van der Waals surface area contributed by atoms with Crippen LogP contribution in [0.2, 0.25) is 5.02 Å². The van der Waals surface area contributed by atoms with Crippen molar-refractivity contribution >= 4 is 50.4 Å².